The van der Waals surface area contributed by atoms with E-state index < -0.39 is 0 Å². The summed E-state index contributed by atoms with van der Waals surface area (Å²) < 4.78 is 0. The molecule has 122 valence electrons. The number of thiophene rings is 1. The molecule has 4 rings (SSSR count). The molecular weight excluding hydrogens is 332 g/mol. The Morgan fingerprint density at radius 1 is 1.24 bits per heavy atom. The average Bonchev–Trinajstić information content (AvgIpc) is 3.25. The van der Waals surface area contributed by atoms with Gasteiger partial charge in [-0.1, -0.05) is 12.1 Å². The third-order valence-electron chi connectivity index (χ3n) is 4.10. The van der Waals surface area contributed by atoms with Crippen molar-refractivity contribution in [2.75, 3.05) is 5.32 Å². The van der Waals surface area contributed by atoms with E-state index >= 15 is 0 Å². The van der Waals surface area contributed by atoms with Crippen molar-refractivity contribution >= 4 is 22.9 Å². The Balaban J connectivity index is 1.70. The molecule has 2 aromatic heterocycles. The number of nitriles is 1. The monoisotopic (exact) mass is 346 g/mol. The van der Waals surface area contributed by atoms with Crippen LogP contribution in [-0.4, -0.2) is 15.8 Å². The van der Waals surface area contributed by atoms with Crippen LogP contribution < -0.4 is 5.32 Å². The van der Waals surface area contributed by atoms with Crippen LogP contribution in [0.3, 0.4) is 0 Å². The van der Waals surface area contributed by atoms with Gasteiger partial charge in [-0.3, -0.25) is 9.78 Å². The molecule has 3 heterocycles. The summed E-state index contributed by atoms with van der Waals surface area (Å²) >= 11 is 1.62. The fourth-order valence-electron chi connectivity index (χ4n) is 2.95. The molecule has 0 radical (unpaired) electrons. The predicted octanol–water partition coefficient (Wildman–Crippen LogP) is 3.78. The van der Waals surface area contributed by atoms with Gasteiger partial charge in [-0.05, 0) is 41.8 Å². The SMILES string of the molecule is N#Cc1cccc(N[C@H]2c3ncccc3C(=O)N2Cc2cccs2)c1. The molecule has 0 spiro atoms. The summed E-state index contributed by atoms with van der Waals surface area (Å²) in [6, 6.07) is 16.9. The number of pyridine rings is 1. The third kappa shape index (κ3) is 2.86. The molecule has 6 heteroatoms. The van der Waals surface area contributed by atoms with E-state index in [0.717, 1.165) is 10.6 Å². The zero-order valence-electron chi connectivity index (χ0n) is 13.2. The highest BCUT2D eigenvalue weighted by Gasteiger charge is 2.38. The van der Waals surface area contributed by atoms with Crippen LogP contribution in [-0.2, 0) is 6.54 Å². The van der Waals surface area contributed by atoms with E-state index in [2.05, 4.69) is 16.4 Å². The standard InChI is InChI=1S/C19H14N4OS/c20-11-13-4-1-5-14(10-13)22-18-17-16(7-2-8-21-17)19(24)23(18)12-15-6-3-9-25-15/h1-10,18,22H,12H2/t18-/m1/s1. The quantitative estimate of drug-likeness (QED) is 0.780. The molecule has 0 unspecified atom stereocenters. The van der Waals surface area contributed by atoms with Crippen molar-refractivity contribution in [1.82, 2.24) is 9.88 Å². The van der Waals surface area contributed by atoms with Crippen molar-refractivity contribution in [3.63, 3.8) is 0 Å². The number of hydrogen-bond donors (Lipinski definition) is 1. The summed E-state index contributed by atoms with van der Waals surface area (Å²) in [6.07, 6.45) is 1.33. The second-order valence-corrected chi connectivity index (χ2v) is 6.72. The molecule has 0 fully saturated rings. The molecule has 3 aromatic rings. The Kier molecular flexibility index (Phi) is 3.92. The van der Waals surface area contributed by atoms with Crippen molar-refractivity contribution in [2.24, 2.45) is 0 Å². The predicted molar refractivity (Wildman–Crippen MR) is 96.0 cm³/mol. The van der Waals surface area contributed by atoms with Crippen LogP contribution in [0, 0.1) is 11.3 Å². The molecule has 1 N–H and O–H groups in total. The minimum Gasteiger partial charge on any atom is -0.360 e. The maximum absolute atomic E-state index is 12.8. The second kappa shape index (κ2) is 6.38. The van der Waals surface area contributed by atoms with Gasteiger partial charge in [0.25, 0.3) is 5.91 Å². The van der Waals surface area contributed by atoms with Crippen molar-refractivity contribution in [1.29, 1.82) is 5.26 Å². The first-order valence-corrected chi connectivity index (χ1v) is 8.69. The molecule has 1 aliphatic heterocycles. The number of aromatic nitrogens is 1. The van der Waals surface area contributed by atoms with Crippen LogP contribution in [0.2, 0.25) is 0 Å². The summed E-state index contributed by atoms with van der Waals surface area (Å²) in [7, 11) is 0. The molecule has 1 atom stereocenters. The molecule has 0 aliphatic carbocycles. The highest BCUT2D eigenvalue weighted by molar-refractivity contribution is 7.09. The summed E-state index contributed by atoms with van der Waals surface area (Å²) in [4.78, 5) is 20.2. The maximum Gasteiger partial charge on any atom is 0.258 e. The number of hydrogen-bond acceptors (Lipinski definition) is 5. The lowest BCUT2D eigenvalue weighted by atomic mass is 10.2. The minimum atomic E-state index is -0.361. The second-order valence-electron chi connectivity index (χ2n) is 5.69. The van der Waals surface area contributed by atoms with Gasteiger partial charge in [-0.25, -0.2) is 0 Å². The van der Waals surface area contributed by atoms with Crippen LogP contribution in [0.5, 0.6) is 0 Å². The Morgan fingerprint density at radius 2 is 2.16 bits per heavy atom. The lowest BCUT2D eigenvalue weighted by molar-refractivity contribution is 0.0729. The number of nitrogens with one attached hydrogen (secondary N) is 1. The first-order chi connectivity index (χ1) is 12.3. The molecule has 25 heavy (non-hydrogen) atoms. The van der Waals surface area contributed by atoms with Gasteiger partial charge in [-0.15, -0.1) is 11.3 Å². The van der Waals surface area contributed by atoms with Gasteiger partial charge in [-0.2, -0.15) is 5.26 Å². The van der Waals surface area contributed by atoms with Crippen molar-refractivity contribution in [3.05, 3.63) is 81.8 Å². The summed E-state index contributed by atoms with van der Waals surface area (Å²) in [5.41, 5.74) is 2.69. The highest BCUT2D eigenvalue weighted by Crippen LogP contribution is 2.34. The van der Waals surface area contributed by atoms with Crippen LogP contribution in [0.25, 0.3) is 0 Å². The summed E-state index contributed by atoms with van der Waals surface area (Å²) in [5.74, 6) is -0.0366. The summed E-state index contributed by atoms with van der Waals surface area (Å²) in [6.45, 7) is 0.516. The van der Waals surface area contributed by atoms with E-state index in [-0.39, 0.29) is 12.1 Å². The van der Waals surface area contributed by atoms with E-state index in [9.17, 15) is 4.79 Å². The lowest BCUT2D eigenvalue weighted by Gasteiger charge is -2.26. The number of amides is 1. The number of benzene rings is 1. The molecule has 1 amide bonds. The van der Waals surface area contributed by atoms with Gasteiger partial charge in [0.05, 0.1) is 29.4 Å². The largest absolute Gasteiger partial charge is 0.360 e. The number of rotatable bonds is 4. The third-order valence-corrected chi connectivity index (χ3v) is 4.96. The Hall–Kier alpha value is -3.17. The zero-order valence-corrected chi connectivity index (χ0v) is 14.0. The van der Waals surface area contributed by atoms with E-state index in [4.69, 9.17) is 5.26 Å². The first kappa shape index (κ1) is 15.4. The fourth-order valence-corrected chi connectivity index (χ4v) is 3.65. The van der Waals surface area contributed by atoms with Crippen molar-refractivity contribution in [2.45, 2.75) is 12.7 Å². The van der Waals surface area contributed by atoms with Gasteiger partial charge in [0.2, 0.25) is 0 Å². The van der Waals surface area contributed by atoms with Crippen molar-refractivity contribution < 1.29 is 4.79 Å². The smallest absolute Gasteiger partial charge is 0.258 e. The van der Waals surface area contributed by atoms with E-state index in [0.29, 0.717) is 23.4 Å². The molecular formula is C19H14N4OS. The number of nitrogens with zero attached hydrogens (tertiary/aromatic N) is 3. The Labute approximate surface area is 149 Å². The van der Waals surface area contributed by atoms with Crippen molar-refractivity contribution in [3.8, 4) is 6.07 Å². The Morgan fingerprint density at radius 3 is 2.96 bits per heavy atom. The maximum atomic E-state index is 12.8. The fraction of sp³-hybridized carbons (Fsp3) is 0.105. The van der Waals surface area contributed by atoms with Crippen LogP contribution in [0.1, 0.15) is 32.7 Å². The Bertz CT molecular complexity index is 962. The number of carbonyl (C=O) groups is 1. The molecule has 0 saturated heterocycles. The molecule has 1 aromatic carbocycles. The van der Waals surface area contributed by atoms with E-state index in [1.54, 1.807) is 46.7 Å². The molecule has 5 nitrogen and oxygen atoms in total. The molecule has 0 bridgehead atoms. The number of fused-ring (bicyclic) bond motifs is 1. The lowest BCUT2D eigenvalue weighted by Crippen LogP contribution is -2.31. The topological polar surface area (TPSA) is 69.0 Å². The van der Waals surface area contributed by atoms with Crippen LogP contribution >= 0.6 is 11.3 Å². The average molecular weight is 346 g/mol. The van der Waals surface area contributed by atoms with Crippen LogP contribution in [0.4, 0.5) is 5.69 Å². The van der Waals surface area contributed by atoms with Gasteiger partial charge in [0.15, 0.2) is 0 Å². The number of anilines is 1. The summed E-state index contributed by atoms with van der Waals surface area (Å²) in [5, 5.41) is 14.5. The van der Waals surface area contributed by atoms with Crippen LogP contribution in [0.15, 0.2) is 60.1 Å². The first-order valence-electron chi connectivity index (χ1n) is 7.81. The van der Waals surface area contributed by atoms with Gasteiger partial charge < -0.3 is 10.2 Å². The van der Waals surface area contributed by atoms with Gasteiger partial charge in [0, 0.05) is 16.8 Å². The highest BCUT2D eigenvalue weighted by atomic mass is 32.1. The molecule has 0 saturated carbocycles. The van der Waals surface area contributed by atoms with Gasteiger partial charge in [0.1, 0.15) is 6.17 Å². The zero-order chi connectivity index (χ0) is 17.2. The number of carbonyl (C=O) groups excluding carboxylic acids is 1. The van der Waals surface area contributed by atoms with Gasteiger partial charge >= 0.3 is 0 Å². The van der Waals surface area contributed by atoms with E-state index in [1.807, 2.05) is 29.6 Å². The normalized spacial score (nSPS) is 15.7. The van der Waals surface area contributed by atoms with E-state index in [1.165, 1.54) is 0 Å². The molecule has 1 aliphatic rings. The minimum absolute atomic E-state index is 0.0366.